The van der Waals surface area contributed by atoms with Crippen LogP contribution in [0.15, 0.2) is 29.3 Å². The lowest BCUT2D eigenvalue weighted by atomic mass is 10.2. The Hall–Kier alpha value is -1.55. The number of nitrogens with one attached hydrogen (secondary N) is 3. The van der Waals surface area contributed by atoms with Crippen LogP contribution in [0.3, 0.4) is 0 Å². The summed E-state index contributed by atoms with van der Waals surface area (Å²) in [5.41, 5.74) is 2.52. The number of nitrogens with zero attached hydrogens (tertiary/aromatic N) is 2. The van der Waals surface area contributed by atoms with Gasteiger partial charge in [-0.15, -0.1) is 24.0 Å². The summed E-state index contributed by atoms with van der Waals surface area (Å²) in [6.45, 7) is 7.92. The summed E-state index contributed by atoms with van der Waals surface area (Å²) in [6, 6.07) is 8.93. The van der Waals surface area contributed by atoms with E-state index in [2.05, 4.69) is 57.0 Å². The van der Waals surface area contributed by atoms with Crippen LogP contribution < -0.4 is 20.9 Å². The van der Waals surface area contributed by atoms with E-state index in [4.69, 9.17) is 4.74 Å². The number of carbonyl (C=O) groups is 1. The largest absolute Gasteiger partial charge is 0.383 e. The van der Waals surface area contributed by atoms with Crippen molar-refractivity contribution < 1.29 is 9.53 Å². The number of aryl methyl sites for hydroxylation is 1. The lowest BCUT2D eigenvalue weighted by Crippen LogP contribution is -2.45. The van der Waals surface area contributed by atoms with E-state index in [1.54, 1.807) is 7.11 Å². The summed E-state index contributed by atoms with van der Waals surface area (Å²) < 4.78 is 4.92. The number of halogens is 1. The SMILES string of the molecule is CCNC(=NCC(=O)NCCOC)NC1CCN(c2ccc(C)cc2)C1.I. The normalized spacial score (nSPS) is 16.6. The molecular weight excluding hydrogens is 457 g/mol. The highest BCUT2D eigenvalue weighted by Crippen LogP contribution is 2.20. The molecule has 1 atom stereocenters. The van der Waals surface area contributed by atoms with Gasteiger partial charge in [0.25, 0.3) is 0 Å². The number of rotatable bonds is 8. The van der Waals surface area contributed by atoms with Gasteiger partial charge in [-0.25, -0.2) is 4.99 Å². The number of methoxy groups -OCH3 is 1. The van der Waals surface area contributed by atoms with Gasteiger partial charge < -0.3 is 25.6 Å². The minimum atomic E-state index is -0.105. The van der Waals surface area contributed by atoms with E-state index >= 15 is 0 Å². The van der Waals surface area contributed by atoms with Crippen molar-refractivity contribution in [2.45, 2.75) is 26.3 Å². The second-order valence-corrected chi connectivity index (χ2v) is 6.45. The molecule has 152 valence electrons. The van der Waals surface area contributed by atoms with Crippen LogP contribution in [0.4, 0.5) is 5.69 Å². The molecule has 27 heavy (non-hydrogen) atoms. The van der Waals surface area contributed by atoms with Gasteiger partial charge in [-0.1, -0.05) is 17.7 Å². The minimum absolute atomic E-state index is 0. The molecule has 0 radical (unpaired) electrons. The van der Waals surface area contributed by atoms with Gasteiger partial charge in [-0.2, -0.15) is 0 Å². The highest BCUT2D eigenvalue weighted by atomic mass is 127. The van der Waals surface area contributed by atoms with Crippen LogP contribution in [0.1, 0.15) is 18.9 Å². The van der Waals surface area contributed by atoms with Gasteiger partial charge >= 0.3 is 0 Å². The molecule has 1 amide bonds. The van der Waals surface area contributed by atoms with E-state index in [-0.39, 0.29) is 36.4 Å². The van der Waals surface area contributed by atoms with Gasteiger partial charge in [0.2, 0.25) is 5.91 Å². The van der Waals surface area contributed by atoms with Gasteiger partial charge in [-0.3, -0.25) is 4.79 Å². The number of aliphatic imine (C=N–C) groups is 1. The fraction of sp³-hybridized carbons (Fsp3) is 0.579. The number of carbonyl (C=O) groups excluding carboxylic acids is 1. The van der Waals surface area contributed by atoms with E-state index in [0.29, 0.717) is 25.2 Å². The molecule has 1 fully saturated rings. The number of benzene rings is 1. The Morgan fingerprint density at radius 2 is 2.04 bits per heavy atom. The number of ether oxygens (including phenoxy) is 1. The number of hydrogen-bond acceptors (Lipinski definition) is 4. The molecule has 1 heterocycles. The molecule has 1 saturated heterocycles. The van der Waals surface area contributed by atoms with E-state index in [0.717, 1.165) is 26.1 Å². The van der Waals surface area contributed by atoms with Crippen molar-refractivity contribution in [3.63, 3.8) is 0 Å². The van der Waals surface area contributed by atoms with Gasteiger partial charge in [0.15, 0.2) is 5.96 Å². The first-order valence-corrected chi connectivity index (χ1v) is 9.24. The summed E-state index contributed by atoms with van der Waals surface area (Å²) in [5.74, 6) is 0.581. The number of amides is 1. The van der Waals surface area contributed by atoms with E-state index < -0.39 is 0 Å². The molecule has 2 rings (SSSR count). The maximum absolute atomic E-state index is 11.8. The Kier molecular flexibility index (Phi) is 11.1. The highest BCUT2D eigenvalue weighted by molar-refractivity contribution is 14.0. The van der Waals surface area contributed by atoms with Crippen molar-refractivity contribution in [1.29, 1.82) is 0 Å². The Labute approximate surface area is 179 Å². The third-order valence-electron chi connectivity index (χ3n) is 4.28. The first-order valence-electron chi connectivity index (χ1n) is 9.24. The van der Waals surface area contributed by atoms with Crippen molar-refractivity contribution in [2.24, 2.45) is 4.99 Å². The molecule has 1 unspecified atom stereocenters. The summed E-state index contributed by atoms with van der Waals surface area (Å²) in [6.07, 6.45) is 1.04. The maximum atomic E-state index is 11.8. The Morgan fingerprint density at radius 3 is 2.70 bits per heavy atom. The second-order valence-electron chi connectivity index (χ2n) is 6.45. The van der Waals surface area contributed by atoms with Gasteiger partial charge in [0.1, 0.15) is 6.54 Å². The molecule has 1 aromatic carbocycles. The summed E-state index contributed by atoms with van der Waals surface area (Å²) >= 11 is 0. The first-order chi connectivity index (χ1) is 12.6. The predicted octanol–water partition coefficient (Wildman–Crippen LogP) is 1.51. The zero-order valence-electron chi connectivity index (χ0n) is 16.5. The average molecular weight is 489 g/mol. The minimum Gasteiger partial charge on any atom is -0.383 e. The molecular formula is C19H32IN5O2. The van der Waals surface area contributed by atoms with Gasteiger partial charge in [0, 0.05) is 45.0 Å². The third kappa shape index (κ3) is 8.34. The van der Waals surface area contributed by atoms with E-state index in [1.165, 1.54) is 11.3 Å². The molecule has 3 N–H and O–H groups in total. The van der Waals surface area contributed by atoms with Crippen LogP contribution in [0.5, 0.6) is 0 Å². The third-order valence-corrected chi connectivity index (χ3v) is 4.28. The smallest absolute Gasteiger partial charge is 0.241 e. The van der Waals surface area contributed by atoms with Crippen LogP contribution in [-0.4, -0.2) is 64.3 Å². The van der Waals surface area contributed by atoms with Crippen LogP contribution in [0, 0.1) is 6.92 Å². The molecule has 0 aliphatic carbocycles. The lowest BCUT2D eigenvalue weighted by Gasteiger charge is -2.20. The summed E-state index contributed by atoms with van der Waals surface area (Å²) in [5, 5.41) is 9.43. The molecule has 0 saturated carbocycles. The van der Waals surface area contributed by atoms with E-state index in [9.17, 15) is 4.79 Å². The maximum Gasteiger partial charge on any atom is 0.241 e. The molecule has 1 aliphatic rings. The monoisotopic (exact) mass is 489 g/mol. The van der Waals surface area contributed by atoms with Crippen LogP contribution in [0.2, 0.25) is 0 Å². The van der Waals surface area contributed by atoms with E-state index in [1.807, 2.05) is 6.92 Å². The molecule has 0 spiro atoms. The zero-order chi connectivity index (χ0) is 18.8. The predicted molar refractivity (Wildman–Crippen MR) is 121 cm³/mol. The summed E-state index contributed by atoms with van der Waals surface area (Å²) in [4.78, 5) is 18.6. The zero-order valence-corrected chi connectivity index (χ0v) is 18.8. The molecule has 8 heteroatoms. The number of anilines is 1. The first kappa shape index (κ1) is 23.5. The number of guanidine groups is 1. The standard InChI is InChI=1S/C19H31N5O2.HI/c1-4-20-19(22-13-18(25)21-10-12-26-3)23-16-9-11-24(14-16)17-7-5-15(2)6-8-17;/h5-8,16H,4,9-14H2,1-3H3,(H,21,25)(H2,20,22,23);1H. The van der Waals surface area contributed by atoms with Crippen LogP contribution in [-0.2, 0) is 9.53 Å². The molecule has 1 aromatic rings. The highest BCUT2D eigenvalue weighted by Gasteiger charge is 2.23. The fourth-order valence-corrected chi connectivity index (χ4v) is 2.88. The molecule has 0 bridgehead atoms. The Balaban J connectivity index is 0.00000364. The summed E-state index contributed by atoms with van der Waals surface area (Å²) in [7, 11) is 1.61. The fourth-order valence-electron chi connectivity index (χ4n) is 2.88. The lowest BCUT2D eigenvalue weighted by molar-refractivity contribution is -0.119. The topological polar surface area (TPSA) is 78.0 Å². The van der Waals surface area contributed by atoms with Gasteiger partial charge in [-0.05, 0) is 32.4 Å². The molecule has 0 aromatic heterocycles. The quantitative estimate of drug-likeness (QED) is 0.224. The molecule has 1 aliphatic heterocycles. The molecule has 7 nitrogen and oxygen atoms in total. The number of hydrogen-bond donors (Lipinski definition) is 3. The Morgan fingerprint density at radius 1 is 1.30 bits per heavy atom. The van der Waals surface area contributed by atoms with Crippen LogP contribution >= 0.6 is 24.0 Å². The van der Waals surface area contributed by atoms with Gasteiger partial charge in [0.05, 0.1) is 6.61 Å². The van der Waals surface area contributed by atoms with Crippen molar-refractivity contribution in [3.8, 4) is 0 Å². The Bertz CT molecular complexity index is 594. The van der Waals surface area contributed by atoms with Crippen LogP contribution in [0.25, 0.3) is 0 Å². The second kappa shape index (κ2) is 12.8. The average Bonchev–Trinajstić information content (AvgIpc) is 3.09. The van der Waals surface area contributed by atoms with Crippen molar-refractivity contribution in [1.82, 2.24) is 16.0 Å². The van der Waals surface area contributed by atoms with Crippen molar-refractivity contribution >= 4 is 41.5 Å². The van der Waals surface area contributed by atoms with Crippen molar-refractivity contribution in [2.75, 3.05) is 51.3 Å². The van der Waals surface area contributed by atoms with Crippen molar-refractivity contribution in [3.05, 3.63) is 29.8 Å².